The highest BCUT2D eigenvalue weighted by molar-refractivity contribution is 9.10. The number of nitrogens with zero attached hydrogens (tertiary/aromatic N) is 3. The molecule has 1 unspecified atom stereocenters. The number of rotatable bonds is 1. The third kappa shape index (κ3) is 2.36. The van der Waals surface area contributed by atoms with Crippen molar-refractivity contribution in [1.82, 2.24) is 0 Å². The number of amides is 1. The Hall–Kier alpha value is -2.41. The molecule has 6 nitrogen and oxygen atoms in total. The van der Waals surface area contributed by atoms with E-state index in [4.69, 9.17) is 5.73 Å². The predicted octanol–water partition coefficient (Wildman–Crippen LogP) is 2.28. The lowest BCUT2D eigenvalue weighted by Crippen LogP contribution is -2.38. The van der Waals surface area contributed by atoms with Gasteiger partial charge in [0.1, 0.15) is 11.8 Å². The van der Waals surface area contributed by atoms with Crippen LogP contribution in [0.2, 0.25) is 0 Å². The fourth-order valence-electron chi connectivity index (χ4n) is 3.33. The maximum atomic E-state index is 12.6. The average Bonchev–Trinajstić information content (AvgIpc) is 2.53. The van der Waals surface area contributed by atoms with Gasteiger partial charge < -0.3 is 5.73 Å². The number of halogens is 1. The van der Waals surface area contributed by atoms with Crippen molar-refractivity contribution >= 4 is 50.7 Å². The number of Topliss-reactive ketones (excluding diaryl/α,β-unsaturated/α-hetero) is 1. The van der Waals surface area contributed by atoms with Crippen LogP contribution >= 0.6 is 15.9 Å². The number of benzene rings is 1. The zero-order valence-corrected chi connectivity index (χ0v) is 14.2. The van der Waals surface area contributed by atoms with E-state index in [1.54, 1.807) is 0 Å². The lowest BCUT2D eigenvalue weighted by atomic mass is 9.77. The first-order valence-corrected chi connectivity index (χ1v) is 8.42. The van der Waals surface area contributed by atoms with Gasteiger partial charge in [-0.3, -0.25) is 9.59 Å². The van der Waals surface area contributed by atoms with Gasteiger partial charge in [0, 0.05) is 16.5 Å². The number of fused-ring (bicyclic) bond motifs is 2. The van der Waals surface area contributed by atoms with Crippen LogP contribution in [0.3, 0.4) is 0 Å². The summed E-state index contributed by atoms with van der Waals surface area (Å²) in [7, 11) is 0. The average molecular weight is 385 g/mol. The molecule has 1 aromatic carbocycles. The number of aliphatic imine (C=N–C) groups is 3. The molecule has 2 aliphatic heterocycles. The minimum Gasteiger partial charge on any atom is -0.368 e. The SMILES string of the molecule is NC1=NC(=O)C2C(=N1)N=C1CCCC(=O)C1=C2c1cccc(Br)c1. The van der Waals surface area contributed by atoms with Gasteiger partial charge in [0.15, 0.2) is 5.78 Å². The third-order valence-corrected chi connectivity index (χ3v) is 4.78. The molecular formula is C17H13BrN4O2. The first kappa shape index (κ1) is 15.1. The summed E-state index contributed by atoms with van der Waals surface area (Å²) in [5, 5.41) is 0. The Morgan fingerprint density at radius 2 is 1.96 bits per heavy atom. The first-order valence-electron chi connectivity index (χ1n) is 7.62. The van der Waals surface area contributed by atoms with E-state index in [-0.39, 0.29) is 11.7 Å². The molecule has 0 bridgehead atoms. The Bertz CT molecular complexity index is 911. The summed E-state index contributed by atoms with van der Waals surface area (Å²) in [5.74, 6) is -0.941. The van der Waals surface area contributed by atoms with Gasteiger partial charge in [-0.2, -0.15) is 9.98 Å². The number of dihydropyridines is 1. The van der Waals surface area contributed by atoms with Gasteiger partial charge in [-0.1, -0.05) is 28.1 Å². The molecule has 3 aliphatic rings. The molecule has 1 fully saturated rings. The van der Waals surface area contributed by atoms with Crippen molar-refractivity contribution in [2.24, 2.45) is 26.6 Å². The standard InChI is InChI=1S/C17H13BrN4O2/c18-9-4-1-3-8(7-9)12-13-10(5-2-6-11(13)23)20-15-14(12)16(24)22-17(19)21-15/h1,3-4,7,14H,2,5-6H2,(H2,19,22,24). The van der Waals surface area contributed by atoms with E-state index >= 15 is 0 Å². The highest BCUT2D eigenvalue weighted by Gasteiger charge is 2.41. The van der Waals surface area contributed by atoms with Crippen LogP contribution in [-0.2, 0) is 9.59 Å². The summed E-state index contributed by atoms with van der Waals surface area (Å²) in [4.78, 5) is 37.5. The number of nitrogens with two attached hydrogens (primary N) is 1. The first-order chi connectivity index (χ1) is 11.5. The number of amidine groups is 1. The summed E-state index contributed by atoms with van der Waals surface area (Å²) in [6, 6.07) is 7.53. The summed E-state index contributed by atoms with van der Waals surface area (Å²) in [6.45, 7) is 0. The van der Waals surface area contributed by atoms with Crippen LogP contribution in [0.4, 0.5) is 0 Å². The van der Waals surface area contributed by atoms with Gasteiger partial charge in [-0.25, -0.2) is 4.99 Å². The molecule has 1 aliphatic carbocycles. The minimum atomic E-state index is -0.771. The Labute approximate surface area is 146 Å². The maximum absolute atomic E-state index is 12.6. The summed E-state index contributed by atoms with van der Waals surface area (Å²) >= 11 is 3.44. The van der Waals surface area contributed by atoms with Crippen LogP contribution in [0, 0.1) is 5.92 Å². The molecule has 120 valence electrons. The highest BCUT2D eigenvalue weighted by Crippen LogP contribution is 2.39. The number of ketones is 1. The molecule has 1 amide bonds. The highest BCUT2D eigenvalue weighted by atomic mass is 79.9. The Kier molecular flexibility index (Phi) is 3.53. The predicted molar refractivity (Wildman–Crippen MR) is 94.9 cm³/mol. The molecule has 4 rings (SSSR count). The molecule has 0 saturated heterocycles. The van der Waals surface area contributed by atoms with Crippen LogP contribution < -0.4 is 5.73 Å². The number of carbonyl (C=O) groups is 2. The van der Waals surface area contributed by atoms with Crippen molar-refractivity contribution in [3.63, 3.8) is 0 Å². The molecule has 0 spiro atoms. The van der Waals surface area contributed by atoms with Crippen molar-refractivity contribution in [1.29, 1.82) is 0 Å². The molecule has 24 heavy (non-hydrogen) atoms. The Morgan fingerprint density at radius 3 is 2.75 bits per heavy atom. The molecule has 7 heteroatoms. The molecule has 1 aromatic rings. The van der Waals surface area contributed by atoms with E-state index in [2.05, 4.69) is 30.9 Å². The van der Waals surface area contributed by atoms with Gasteiger partial charge in [-0.05, 0) is 36.1 Å². The summed E-state index contributed by atoms with van der Waals surface area (Å²) < 4.78 is 0.866. The van der Waals surface area contributed by atoms with Crippen LogP contribution in [-0.4, -0.2) is 29.2 Å². The van der Waals surface area contributed by atoms with Crippen molar-refractivity contribution in [2.75, 3.05) is 0 Å². The zero-order valence-electron chi connectivity index (χ0n) is 12.6. The summed E-state index contributed by atoms with van der Waals surface area (Å²) in [5.41, 5.74) is 8.30. The van der Waals surface area contributed by atoms with Crippen molar-refractivity contribution in [3.05, 3.63) is 39.9 Å². The lowest BCUT2D eigenvalue weighted by molar-refractivity contribution is -0.118. The fraction of sp³-hybridized carbons (Fsp3) is 0.235. The fourth-order valence-corrected chi connectivity index (χ4v) is 3.73. The van der Waals surface area contributed by atoms with E-state index in [1.807, 2.05) is 24.3 Å². The van der Waals surface area contributed by atoms with Crippen LogP contribution in [0.15, 0.2) is 49.3 Å². The lowest BCUT2D eigenvalue weighted by Gasteiger charge is -2.30. The van der Waals surface area contributed by atoms with Gasteiger partial charge >= 0.3 is 0 Å². The molecule has 2 N–H and O–H groups in total. The normalized spacial score (nSPS) is 23.2. The van der Waals surface area contributed by atoms with Gasteiger partial charge in [0.2, 0.25) is 5.96 Å². The quantitative estimate of drug-likeness (QED) is 0.803. The van der Waals surface area contributed by atoms with Gasteiger partial charge in [0.05, 0.1) is 5.71 Å². The van der Waals surface area contributed by atoms with Crippen molar-refractivity contribution < 1.29 is 9.59 Å². The number of hydrogen-bond acceptors (Lipinski definition) is 5. The Balaban J connectivity index is 2.00. The second kappa shape index (κ2) is 5.59. The van der Waals surface area contributed by atoms with Crippen LogP contribution in [0.25, 0.3) is 5.57 Å². The molecule has 0 radical (unpaired) electrons. The van der Waals surface area contributed by atoms with Crippen molar-refractivity contribution in [2.45, 2.75) is 19.3 Å². The summed E-state index contributed by atoms with van der Waals surface area (Å²) in [6.07, 6.45) is 1.91. The van der Waals surface area contributed by atoms with E-state index in [0.29, 0.717) is 35.5 Å². The van der Waals surface area contributed by atoms with Crippen LogP contribution in [0.1, 0.15) is 24.8 Å². The third-order valence-electron chi connectivity index (χ3n) is 4.29. The van der Waals surface area contributed by atoms with Crippen LogP contribution in [0.5, 0.6) is 0 Å². The number of carbonyl (C=O) groups excluding carboxylic acids is 2. The number of allylic oxidation sites excluding steroid dienone is 1. The van der Waals surface area contributed by atoms with E-state index in [0.717, 1.165) is 16.5 Å². The number of guanidine groups is 1. The molecule has 0 aromatic heterocycles. The largest absolute Gasteiger partial charge is 0.368 e. The topological polar surface area (TPSA) is 97.2 Å². The van der Waals surface area contributed by atoms with E-state index in [9.17, 15) is 9.59 Å². The molecule has 2 heterocycles. The van der Waals surface area contributed by atoms with Gasteiger partial charge in [0.25, 0.3) is 5.91 Å². The molecule has 1 atom stereocenters. The zero-order chi connectivity index (χ0) is 16.8. The second-order valence-corrected chi connectivity index (χ2v) is 6.76. The molecule has 1 saturated carbocycles. The minimum absolute atomic E-state index is 0.0179. The maximum Gasteiger partial charge on any atom is 0.264 e. The Morgan fingerprint density at radius 1 is 1.12 bits per heavy atom. The van der Waals surface area contributed by atoms with Crippen molar-refractivity contribution in [3.8, 4) is 0 Å². The van der Waals surface area contributed by atoms with E-state index < -0.39 is 11.8 Å². The van der Waals surface area contributed by atoms with Gasteiger partial charge in [-0.15, -0.1) is 0 Å². The molecular weight excluding hydrogens is 372 g/mol. The second-order valence-electron chi connectivity index (χ2n) is 5.85. The number of hydrogen-bond donors (Lipinski definition) is 1. The smallest absolute Gasteiger partial charge is 0.264 e. The van der Waals surface area contributed by atoms with E-state index in [1.165, 1.54) is 0 Å². The monoisotopic (exact) mass is 384 g/mol.